The van der Waals surface area contributed by atoms with Crippen LogP contribution in [0, 0.1) is 0 Å². The Morgan fingerprint density at radius 3 is 2.17 bits per heavy atom. The monoisotopic (exact) mass is 309 g/mol. The number of imidazole rings is 2. The maximum Gasteiger partial charge on any atom is 0.212 e. The lowest BCUT2D eigenvalue weighted by molar-refractivity contribution is 1.25. The van der Waals surface area contributed by atoms with Gasteiger partial charge in [-0.25, -0.2) is 4.98 Å². The molecule has 0 radical (unpaired) electrons. The molecule has 0 bridgehead atoms. The second-order valence-corrected chi connectivity index (χ2v) is 5.91. The fourth-order valence-electron chi connectivity index (χ4n) is 3.16. The number of fused-ring (bicyclic) bond motifs is 3. The molecule has 0 atom stereocenters. The molecule has 0 aliphatic heterocycles. The average Bonchev–Trinajstić information content (AvgIpc) is 3.21. The Balaban J connectivity index is 1.57. The molecule has 2 heterocycles. The van der Waals surface area contributed by atoms with E-state index in [4.69, 9.17) is 0 Å². The topological polar surface area (TPSA) is 33.1 Å². The molecule has 0 fully saturated rings. The minimum absolute atomic E-state index is 0.873. The van der Waals surface area contributed by atoms with E-state index in [2.05, 4.69) is 75.2 Å². The van der Waals surface area contributed by atoms with Crippen LogP contribution in [0.4, 0.5) is 0 Å². The fourth-order valence-corrected chi connectivity index (χ4v) is 3.16. The van der Waals surface area contributed by atoms with Gasteiger partial charge >= 0.3 is 0 Å². The summed E-state index contributed by atoms with van der Waals surface area (Å²) in [7, 11) is 0. The molecule has 0 spiro atoms. The van der Waals surface area contributed by atoms with Gasteiger partial charge in [-0.1, -0.05) is 66.7 Å². The van der Waals surface area contributed by atoms with E-state index in [0.29, 0.717) is 0 Å². The number of aromatic nitrogens is 3. The molecule has 24 heavy (non-hydrogen) atoms. The van der Waals surface area contributed by atoms with E-state index in [1.807, 2.05) is 24.3 Å². The van der Waals surface area contributed by atoms with Crippen molar-refractivity contribution in [3.8, 4) is 22.4 Å². The number of hydrogen-bond acceptors (Lipinski definition) is 1. The van der Waals surface area contributed by atoms with Crippen LogP contribution in [0.15, 0.2) is 85.1 Å². The largest absolute Gasteiger partial charge is 0.323 e. The Labute approximate surface area is 139 Å². The zero-order chi connectivity index (χ0) is 15.9. The summed E-state index contributed by atoms with van der Waals surface area (Å²) in [5.41, 5.74) is 6.82. The van der Waals surface area contributed by atoms with Crippen molar-refractivity contribution >= 4 is 16.8 Å². The molecule has 5 rings (SSSR count). The quantitative estimate of drug-likeness (QED) is 0.480. The Kier molecular flexibility index (Phi) is 2.79. The SMILES string of the molecule is c1ccc(-c2ccc(-c3cn4c(nc5ccccc54)[nH]3)cc2)cc1. The first-order valence-corrected chi connectivity index (χ1v) is 8.00. The number of hydrogen-bond donors (Lipinski definition) is 1. The van der Waals surface area contributed by atoms with Gasteiger partial charge in [0.05, 0.1) is 16.7 Å². The molecule has 3 nitrogen and oxygen atoms in total. The molecule has 1 N–H and O–H groups in total. The minimum Gasteiger partial charge on any atom is -0.323 e. The molecule has 0 aliphatic carbocycles. The predicted octanol–water partition coefficient (Wildman–Crippen LogP) is 5.15. The van der Waals surface area contributed by atoms with Crippen molar-refractivity contribution in [2.45, 2.75) is 0 Å². The van der Waals surface area contributed by atoms with Gasteiger partial charge in [-0.05, 0) is 28.8 Å². The van der Waals surface area contributed by atoms with Crippen LogP contribution in [-0.2, 0) is 0 Å². The second-order valence-electron chi connectivity index (χ2n) is 5.91. The molecule has 3 heteroatoms. The van der Waals surface area contributed by atoms with Gasteiger partial charge in [-0.2, -0.15) is 0 Å². The summed E-state index contributed by atoms with van der Waals surface area (Å²) in [6.45, 7) is 0. The average molecular weight is 309 g/mol. The fraction of sp³-hybridized carbons (Fsp3) is 0. The zero-order valence-corrected chi connectivity index (χ0v) is 13.0. The van der Waals surface area contributed by atoms with Gasteiger partial charge in [0.1, 0.15) is 0 Å². The van der Waals surface area contributed by atoms with E-state index in [1.165, 1.54) is 11.1 Å². The summed E-state index contributed by atoms with van der Waals surface area (Å²) in [6, 6.07) is 27.2. The first kappa shape index (κ1) is 13.1. The van der Waals surface area contributed by atoms with Crippen LogP contribution in [0.1, 0.15) is 0 Å². The lowest BCUT2D eigenvalue weighted by atomic mass is 10.0. The highest BCUT2D eigenvalue weighted by Crippen LogP contribution is 2.26. The Hall–Kier alpha value is -3.33. The van der Waals surface area contributed by atoms with Gasteiger partial charge in [0.2, 0.25) is 5.78 Å². The summed E-state index contributed by atoms with van der Waals surface area (Å²) < 4.78 is 2.11. The van der Waals surface area contributed by atoms with Crippen LogP contribution in [-0.4, -0.2) is 14.4 Å². The van der Waals surface area contributed by atoms with E-state index in [9.17, 15) is 0 Å². The van der Waals surface area contributed by atoms with Gasteiger partial charge in [0, 0.05) is 6.20 Å². The third kappa shape index (κ3) is 2.02. The number of aromatic amines is 1. The van der Waals surface area contributed by atoms with Crippen molar-refractivity contribution in [2.24, 2.45) is 0 Å². The van der Waals surface area contributed by atoms with Gasteiger partial charge in [0.25, 0.3) is 0 Å². The second kappa shape index (κ2) is 5.10. The molecule has 114 valence electrons. The number of rotatable bonds is 2. The molecule has 0 saturated carbocycles. The van der Waals surface area contributed by atoms with E-state index < -0.39 is 0 Å². The van der Waals surface area contributed by atoms with E-state index >= 15 is 0 Å². The van der Waals surface area contributed by atoms with Crippen LogP contribution in [0.2, 0.25) is 0 Å². The normalized spacial score (nSPS) is 11.3. The lowest BCUT2D eigenvalue weighted by Gasteiger charge is -2.03. The van der Waals surface area contributed by atoms with E-state index in [0.717, 1.165) is 28.1 Å². The molecular weight excluding hydrogens is 294 g/mol. The Morgan fingerprint density at radius 2 is 1.33 bits per heavy atom. The predicted molar refractivity (Wildman–Crippen MR) is 97.9 cm³/mol. The van der Waals surface area contributed by atoms with Crippen molar-refractivity contribution in [3.05, 3.63) is 85.1 Å². The van der Waals surface area contributed by atoms with Crippen molar-refractivity contribution < 1.29 is 0 Å². The first-order valence-electron chi connectivity index (χ1n) is 8.00. The van der Waals surface area contributed by atoms with E-state index in [-0.39, 0.29) is 0 Å². The summed E-state index contributed by atoms with van der Waals surface area (Å²) in [4.78, 5) is 8.05. The van der Waals surface area contributed by atoms with Crippen molar-refractivity contribution in [1.29, 1.82) is 0 Å². The molecule has 0 aliphatic rings. The van der Waals surface area contributed by atoms with Gasteiger partial charge in [0.15, 0.2) is 0 Å². The maximum absolute atomic E-state index is 4.63. The number of nitrogens with zero attached hydrogens (tertiary/aromatic N) is 2. The van der Waals surface area contributed by atoms with Crippen molar-refractivity contribution in [2.75, 3.05) is 0 Å². The van der Waals surface area contributed by atoms with E-state index in [1.54, 1.807) is 0 Å². The number of nitrogens with one attached hydrogen (secondary N) is 1. The number of para-hydroxylation sites is 2. The summed E-state index contributed by atoms with van der Waals surface area (Å²) in [5.74, 6) is 0.873. The van der Waals surface area contributed by atoms with Gasteiger partial charge in [-0.3, -0.25) is 4.40 Å². The molecule has 5 aromatic rings. The molecule has 0 saturated heterocycles. The molecule has 0 unspecified atom stereocenters. The number of benzene rings is 3. The Morgan fingerprint density at radius 1 is 0.667 bits per heavy atom. The summed E-state index contributed by atoms with van der Waals surface area (Å²) in [6.07, 6.45) is 2.11. The lowest BCUT2D eigenvalue weighted by Crippen LogP contribution is -1.80. The van der Waals surface area contributed by atoms with Crippen LogP contribution in [0.25, 0.3) is 39.2 Å². The zero-order valence-electron chi connectivity index (χ0n) is 13.0. The first-order chi connectivity index (χ1) is 11.9. The molecule has 3 aromatic carbocycles. The minimum atomic E-state index is 0.873. The Bertz CT molecular complexity index is 1130. The highest BCUT2D eigenvalue weighted by molar-refractivity contribution is 5.81. The third-order valence-corrected chi connectivity index (χ3v) is 4.40. The van der Waals surface area contributed by atoms with Crippen LogP contribution < -0.4 is 0 Å². The van der Waals surface area contributed by atoms with Gasteiger partial charge < -0.3 is 4.98 Å². The molecule has 0 amide bonds. The van der Waals surface area contributed by atoms with Crippen LogP contribution in [0.5, 0.6) is 0 Å². The third-order valence-electron chi connectivity index (χ3n) is 4.40. The standard InChI is InChI=1S/C21H15N3/c1-2-6-15(7-3-1)16-10-12-17(13-11-16)19-14-24-20-9-5-4-8-18(20)22-21(24)23-19/h1-14H,(H,22,23). The van der Waals surface area contributed by atoms with Crippen molar-refractivity contribution in [1.82, 2.24) is 14.4 Å². The highest BCUT2D eigenvalue weighted by Gasteiger charge is 2.08. The molecule has 2 aromatic heterocycles. The summed E-state index contributed by atoms with van der Waals surface area (Å²) in [5, 5.41) is 0. The van der Waals surface area contributed by atoms with Crippen LogP contribution in [0.3, 0.4) is 0 Å². The molecular formula is C21H15N3. The van der Waals surface area contributed by atoms with Gasteiger partial charge in [-0.15, -0.1) is 0 Å². The summed E-state index contributed by atoms with van der Waals surface area (Å²) >= 11 is 0. The smallest absolute Gasteiger partial charge is 0.212 e. The highest BCUT2D eigenvalue weighted by atomic mass is 15.1. The maximum atomic E-state index is 4.63. The van der Waals surface area contributed by atoms with Crippen molar-refractivity contribution in [3.63, 3.8) is 0 Å². The number of H-pyrrole nitrogens is 1. The van der Waals surface area contributed by atoms with Crippen LogP contribution >= 0.6 is 0 Å².